The van der Waals surface area contributed by atoms with Crippen molar-refractivity contribution in [1.82, 2.24) is 5.43 Å². The predicted molar refractivity (Wildman–Crippen MR) is 100 cm³/mol. The number of aryl methyl sites for hydroxylation is 2. The van der Waals surface area contributed by atoms with Crippen LogP contribution in [0.3, 0.4) is 0 Å². The molecule has 1 N–H and O–H groups in total. The van der Waals surface area contributed by atoms with Gasteiger partial charge in [0.25, 0.3) is 5.91 Å². The molecule has 0 aliphatic carbocycles. The van der Waals surface area contributed by atoms with Gasteiger partial charge < -0.3 is 0 Å². The van der Waals surface area contributed by atoms with Crippen LogP contribution >= 0.6 is 0 Å². The number of nitrogens with zero attached hydrogens (tertiary/aromatic N) is 2. The quantitative estimate of drug-likeness (QED) is 0.620. The molecule has 0 atom stereocenters. The van der Waals surface area contributed by atoms with Crippen LogP contribution in [0.2, 0.25) is 0 Å². The third kappa shape index (κ3) is 5.13. The molecular weight excluding hydrogens is 357 g/mol. The monoisotopic (exact) mass is 377 g/mol. The summed E-state index contributed by atoms with van der Waals surface area (Å²) in [6.45, 7) is 3.17. The van der Waals surface area contributed by atoms with Gasteiger partial charge in [0.2, 0.25) is 10.0 Å². The Hall–Kier alpha value is -2.74. The zero-order chi connectivity index (χ0) is 19.3. The number of rotatable bonds is 6. The number of amides is 1. The number of hydrogen-bond acceptors (Lipinski definition) is 4. The predicted octanol–water partition coefficient (Wildman–Crippen LogP) is 2.36. The maximum absolute atomic E-state index is 13.5. The SMILES string of the molecule is Cc1ccc(C)c(N(CC(=O)N/N=C\c2ccccc2F)S(C)(=O)=O)c1. The first-order valence-electron chi connectivity index (χ1n) is 7.80. The maximum Gasteiger partial charge on any atom is 0.260 e. The molecule has 138 valence electrons. The van der Waals surface area contributed by atoms with Crippen molar-refractivity contribution in [1.29, 1.82) is 0 Å². The van der Waals surface area contributed by atoms with E-state index in [4.69, 9.17) is 0 Å². The van der Waals surface area contributed by atoms with Crippen LogP contribution in [0.4, 0.5) is 10.1 Å². The molecule has 0 fully saturated rings. The summed E-state index contributed by atoms with van der Waals surface area (Å²) in [6, 6.07) is 11.3. The Bertz CT molecular complexity index is 942. The van der Waals surface area contributed by atoms with E-state index in [2.05, 4.69) is 10.5 Å². The number of benzene rings is 2. The van der Waals surface area contributed by atoms with Gasteiger partial charge in [0, 0.05) is 5.56 Å². The van der Waals surface area contributed by atoms with Crippen LogP contribution in [0.5, 0.6) is 0 Å². The average molecular weight is 377 g/mol. The van der Waals surface area contributed by atoms with Crippen molar-refractivity contribution in [2.24, 2.45) is 5.10 Å². The average Bonchev–Trinajstić information content (AvgIpc) is 2.56. The third-order valence-electron chi connectivity index (χ3n) is 3.62. The molecule has 6 nitrogen and oxygen atoms in total. The van der Waals surface area contributed by atoms with Crippen molar-refractivity contribution in [3.8, 4) is 0 Å². The molecule has 0 saturated heterocycles. The summed E-state index contributed by atoms with van der Waals surface area (Å²) in [7, 11) is -3.68. The van der Waals surface area contributed by atoms with E-state index in [-0.39, 0.29) is 5.56 Å². The Kier molecular flexibility index (Phi) is 6.10. The minimum Gasteiger partial charge on any atom is -0.271 e. The smallest absolute Gasteiger partial charge is 0.260 e. The maximum atomic E-state index is 13.5. The molecular formula is C18H20FN3O3S. The summed E-state index contributed by atoms with van der Waals surface area (Å²) in [6.07, 6.45) is 2.20. The van der Waals surface area contributed by atoms with Gasteiger partial charge in [-0.25, -0.2) is 18.2 Å². The van der Waals surface area contributed by atoms with Gasteiger partial charge in [0.15, 0.2) is 0 Å². The fraction of sp³-hybridized carbons (Fsp3) is 0.222. The van der Waals surface area contributed by atoms with Crippen LogP contribution in [0, 0.1) is 19.7 Å². The highest BCUT2D eigenvalue weighted by molar-refractivity contribution is 7.92. The molecule has 0 aliphatic rings. The van der Waals surface area contributed by atoms with Crippen molar-refractivity contribution >= 4 is 27.8 Å². The summed E-state index contributed by atoms with van der Waals surface area (Å²) < 4.78 is 38.8. The molecule has 2 aromatic rings. The molecule has 8 heteroatoms. The van der Waals surface area contributed by atoms with Crippen molar-refractivity contribution in [2.45, 2.75) is 13.8 Å². The van der Waals surface area contributed by atoms with E-state index in [1.165, 1.54) is 12.1 Å². The van der Waals surface area contributed by atoms with E-state index in [9.17, 15) is 17.6 Å². The fourth-order valence-electron chi connectivity index (χ4n) is 2.29. The van der Waals surface area contributed by atoms with Gasteiger partial charge >= 0.3 is 0 Å². The Labute approximate surface area is 152 Å². The molecule has 2 rings (SSSR count). The first-order valence-corrected chi connectivity index (χ1v) is 9.64. The highest BCUT2D eigenvalue weighted by atomic mass is 32.2. The number of anilines is 1. The standard InChI is InChI=1S/C18H20FN3O3S/c1-13-8-9-14(2)17(10-13)22(26(3,24)25)12-18(23)21-20-11-15-6-4-5-7-16(15)19/h4-11H,12H2,1-3H3,(H,21,23)/b20-11-. The van der Waals surface area contributed by atoms with E-state index in [1.807, 2.05) is 13.0 Å². The van der Waals surface area contributed by atoms with Crippen LogP contribution in [0.1, 0.15) is 16.7 Å². The van der Waals surface area contributed by atoms with Gasteiger partial charge in [-0.2, -0.15) is 5.10 Å². The first kappa shape index (κ1) is 19.6. The summed E-state index contributed by atoms with van der Waals surface area (Å²) in [5.41, 5.74) is 4.46. The lowest BCUT2D eigenvalue weighted by Gasteiger charge is -2.23. The van der Waals surface area contributed by atoms with Crippen LogP contribution < -0.4 is 9.73 Å². The van der Waals surface area contributed by atoms with Gasteiger partial charge in [0.05, 0.1) is 18.2 Å². The van der Waals surface area contributed by atoms with Gasteiger partial charge in [-0.1, -0.05) is 30.3 Å². The number of nitrogens with one attached hydrogen (secondary N) is 1. The van der Waals surface area contributed by atoms with Crippen molar-refractivity contribution in [2.75, 3.05) is 17.1 Å². The van der Waals surface area contributed by atoms with E-state index >= 15 is 0 Å². The molecule has 26 heavy (non-hydrogen) atoms. The summed E-state index contributed by atoms with van der Waals surface area (Å²) in [4.78, 5) is 12.1. The molecule has 0 aliphatic heterocycles. The van der Waals surface area contributed by atoms with Crippen LogP contribution in [-0.2, 0) is 14.8 Å². The first-order chi connectivity index (χ1) is 12.2. The summed E-state index contributed by atoms with van der Waals surface area (Å²) in [5, 5.41) is 3.69. The van der Waals surface area contributed by atoms with Gasteiger partial charge in [-0.3, -0.25) is 9.10 Å². The molecule has 1 amide bonds. The lowest BCUT2D eigenvalue weighted by molar-refractivity contribution is -0.119. The van der Waals surface area contributed by atoms with Crippen LogP contribution in [0.25, 0.3) is 0 Å². The Morgan fingerprint density at radius 1 is 1.23 bits per heavy atom. The van der Waals surface area contributed by atoms with Crippen molar-refractivity contribution in [3.63, 3.8) is 0 Å². The summed E-state index contributed by atoms with van der Waals surface area (Å²) in [5.74, 6) is -1.11. The summed E-state index contributed by atoms with van der Waals surface area (Å²) >= 11 is 0. The van der Waals surface area contributed by atoms with Gasteiger partial charge in [-0.15, -0.1) is 0 Å². The van der Waals surface area contributed by atoms with E-state index < -0.39 is 28.3 Å². The van der Waals surface area contributed by atoms with Gasteiger partial charge in [-0.05, 0) is 37.1 Å². The van der Waals surface area contributed by atoms with Crippen LogP contribution in [-0.4, -0.2) is 33.3 Å². The number of hydrogen-bond donors (Lipinski definition) is 1. The Morgan fingerprint density at radius 2 is 1.92 bits per heavy atom. The number of carbonyl (C=O) groups is 1. The van der Waals surface area contributed by atoms with E-state index in [1.54, 1.807) is 31.2 Å². The fourth-order valence-corrected chi connectivity index (χ4v) is 3.19. The largest absolute Gasteiger partial charge is 0.271 e. The highest BCUT2D eigenvalue weighted by Gasteiger charge is 2.22. The third-order valence-corrected chi connectivity index (χ3v) is 4.75. The zero-order valence-corrected chi connectivity index (χ0v) is 15.5. The molecule has 0 unspecified atom stereocenters. The number of sulfonamides is 1. The second kappa shape index (κ2) is 8.09. The zero-order valence-electron chi connectivity index (χ0n) is 14.7. The number of halogens is 1. The highest BCUT2D eigenvalue weighted by Crippen LogP contribution is 2.23. The van der Waals surface area contributed by atoms with E-state index in [0.29, 0.717) is 5.69 Å². The van der Waals surface area contributed by atoms with Crippen molar-refractivity contribution in [3.05, 3.63) is 65.0 Å². The lowest BCUT2D eigenvalue weighted by atomic mass is 10.1. The Morgan fingerprint density at radius 3 is 2.58 bits per heavy atom. The number of hydrazone groups is 1. The molecule has 0 radical (unpaired) electrons. The van der Waals surface area contributed by atoms with Crippen molar-refractivity contribution < 1.29 is 17.6 Å². The second-order valence-corrected chi connectivity index (χ2v) is 7.78. The minimum atomic E-state index is -3.68. The van der Waals surface area contributed by atoms with Crippen LogP contribution in [0.15, 0.2) is 47.6 Å². The van der Waals surface area contributed by atoms with E-state index in [0.717, 1.165) is 27.9 Å². The molecule has 0 bridgehead atoms. The topological polar surface area (TPSA) is 78.8 Å². The van der Waals surface area contributed by atoms with Gasteiger partial charge in [0.1, 0.15) is 12.4 Å². The lowest BCUT2D eigenvalue weighted by Crippen LogP contribution is -2.39. The number of carbonyl (C=O) groups excluding carboxylic acids is 1. The molecule has 0 spiro atoms. The molecule has 2 aromatic carbocycles. The second-order valence-electron chi connectivity index (χ2n) is 5.87. The Balaban J connectivity index is 2.15. The molecule has 0 heterocycles. The molecule has 0 aromatic heterocycles. The molecule has 0 saturated carbocycles. The normalized spacial score (nSPS) is 11.5. The minimum absolute atomic E-state index is 0.210.